The molecule has 0 spiro atoms. The Labute approximate surface area is 170 Å². The lowest BCUT2D eigenvalue weighted by Crippen LogP contribution is -2.30. The minimum atomic E-state index is -1.22. The Balaban J connectivity index is 1.97. The van der Waals surface area contributed by atoms with Gasteiger partial charge in [0.1, 0.15) is 23.4 Å². The van der Waals surface area contributed by atoms with Gasteiger partial charge in [0, 0.05) is 17.8 Å². The Morgan fingerprint density at radius 2 is 1.77 bits per heavy atom. The molecule has 4 rings (SSSR count). The van der Waals surface area contributed by atoms with Crippen LogP contribution in [0.5, 0.6) is 0 Å². The van der Waals surface area contributed by atoms with Gasteiger partial charge in [-0.25, -0.2) is 8.78 Å². The van der Waals surface area contributed by atoms with Crippen LogP contribution >= 0.6 is 0 Å². The number of benzene rings is 2. The van der Waals surface area contributed by atoms with Gasteiger partial charge in [0.15, 0.2) is 0 Å². The van der Waals surface area contributed by atoms with Crippen LogP contribution in [0.25, 0.3) is 5.76 Å². The fraction of sp³-hybridized carbons (Fsp3) is 0.0870. The highest BCUT2D eigenvalue weighted by atomic mass is 19.1. The number of hydrogen-bond donors (Lipinski definition) is 1. The summed E-state index contributed by atoms with van der Waals surface area (Å²) in [5.41, 5.74) is 0.838. The molecule has 1 aliphatic rings. The summed E-state index contributed by atoms with van der Waals surface area (Å²) in [6.45, 7) is 1.86. The molecule has 5 nitrogen and oxygen atoms in total. The predicted molar refractivity (Wildman–Crippen MR) is 107 cm³/mol. The van der Waals surface area contributed by atoms with Crippen molar-refractivity contribution in [1.29, 1.82) is 0 Å². The molecule has 2 aromatic carbocycles. The van der Waals surface area contributed by atoms with Crippen LogP contribution in [-0.4, -0.2) is 21.8 Å². The second-order valence-corrected chi connectivity index (χ2v) is 6.89. The summed E-state index contributed by atoms with van der Waals surface area (Å²) < 4.78 is 28.4. The predicted octanol–water partition coefficient (Wildman–Crippen LogP) is 4.29. The largest absolute Gasteiger partial charge is 0.507 e. The van der Waals surface area contributed by atoms with Crippen LogP contribution in [0.1, 0.15) is 22.9 Å². The molecule has 0 aliphatic carbocycles. The van der Waals surface area contributed by atoms with Gasteiger partial charge in [0.2, 0.25) is 0 Å². The van der Waals surface area contributed by atoms with Gasteiger partial charge in [0.05, 0.1) is 17.0 Å². The van der Waals surface area contributed by atoms with Crippen molar-refractivity contribution in [3.63, 3.8) is 0 Å². The minimum absolute atomic E-state index is 0.231. The number of aryl methyl sites for hydroxylation is 1. The van der Waals surface area contributed by atoms with Crippen LogP contribution in [0.3, 0.4) is 0 Å². The van der Waals surface area contributed by atoms with E-state index in [4.69, 9.17) is 0 Å². The molecule has 1 amide bonds. The molecule has 150 valence electrons. The topological polar surface area (TPSA) is 70.5 Å². The fourth-order valence-electron chi connectivity index (χ4n) is 3.44. The molecule has 1 fully saturated rings. The Kier molecular flexibility index (Phi) is 4.87. The lowest BCUT2D eigenvalue weighted by molar-refractivity contribution is -0.132. The third-order valence-electron chi connectivity index (χ3n) is 4.91. The summed E-state index contributed by atoms with van der Waals surface area (Å²) in [6, 6.07) is 12.9. The lowest BCUT2D eigenvalue weighted by Gasteiger charge is -2.25. The van der Waals surface area contributed by atoms with Crippen LogP contribution < -0.4 is 4.90 Å². The van der Waals surface area contributed by atoms with E-state index in [0.717, 1.165) is 28.7 Å². The van der Waals surface area contributed by atoms with E-state index in [9.17, 15) is 23.5 Å². The first-order chi connectivity index (χ1) is 14.4. The summed E-state index contributed by atoms with van der Waals surface area (Å²) in [6.07, 6.45) is 1.45. The van der Waals surface area contributed by atoms with Crippen molar-refractivity contribution in [2.75, 3.05) is 4.90 Å². The van der Waals surface area contributed by atoms with Gasteiger partial charge in [-0.2, -0.15) is 0 Å². The van der Waals surface area contributed by atoms with E-state index in [1.54, 1.807) is 42.5 Å². The zero-order chi connectivity index (χ0) is 21.4. The number of carbonyl (C=O) groups excluding carboxylic acids is 2. The number of carbonyl (C=O) groups is 2. The number of amides is 1. The average molecular weight is 406 g/mol. The normalized spacial score (nSPS) is 18.1. The molecule has 30 heavy (non-hydrogen) atoms. The molecule has 1 unspecified atom stereocenters. The monoisotopic (exact) mass is 406 g/mol. The van der Waals surface area contributed by atoms with Gasteiger partial charge >= 0.3 is 0 Å². The van der Waals surface area contributed by atoms with Gasteiger partial charge < -0.3 is 5.11 Å². The van der Waals surface area contributed by atoms with Crippen LogP contribution in [0.4, 0.5) is 14.5 Å². The van der Waals surface area contributed by atoms with E-state index in [2.05, 4.69) is 4.98 Å². The number of hydrogen-bond acceptors (Lipinski definition) is 4. The summed E-state index contributed by atoms with van der Waals surface area (Å²) in [5, 5.41) is 10.9. The average Bonchev–Trinajstić information content (AvgIpc) is 3.01. The minimum Gasteiger partial charge on any atom is -0.507 e. The zero-order valence-electron chi connectivity index (χ0n) is 15.8. The number of ketones is 1. The molecular weight excluding hydrogens is 390 g/mol. The smallest absolute Gasteiger partial charge is 0.300 e. The van der Waals surface area contributed by atoms with E-state index in [1.165, 1.54) is 6.20 Å². The summed E-state index contributed by atoms with van der Waals surface area (Å²) in [7, 11) is 0. The molecule has 3 aromatic rings. The van der Waals surface area contributed by atoms with Crippen molar-refractivity contribution in [3.8, 4) is 0 Å². The molecule has 2 heterocycles. The third kappa shape index (κ3) is 3.24. The highest BCUT2D eigenvalue weighted by molar-refractivity contribution is 6.51. The first-order valence-electron chi connectivity index (χ1n) is 9.12. The molecule has 0 bridgehead atoms. The maximum Gasteiger partial charge on any atom is 0.300 e. The highest BCUT2D eigenvalue weighted by Crippen LogP contribution is 2.42. The number of aliphatic hydroxyl groups is 1. The second-order valence-electron chi connectivity index (χ2n) is 6.89. The number of nitrogens with zero attached hydrogens (tertiary/aromatic N) is 2. The van der Waals surface area contributed by atoms with E-state index in [-0.39, 0.29) is 11.3 Å². The number of aliphatic hydroxyl groups excluding tert-OH is 1. The molecule has 1 aliphatic heterocycles. The van der Waals surface area contributed by atoms with E-state index < -0.39 is 40.8 Å². The maximum absolute atomic E-state index is 14.5. The molecule has 7 heteroatoms. The summed E-state index contributed by atoms with van der Waals surface area (Å²) in [5.74, 6) is -4.15. The van der Waals surface area contributed by atoms with Crippen molar-refractivity contribution in [2.45, 2.75) is 13.0 Å². The first-order valence-corrected chi connectivity index (χ1v) is 9.12. The van der Waals surface area contributed by atoms with Gasteiger partial charge in [-0.1, -0.05) is 35.9 Å². The van der Waals surface area contributed by atoms with Crippen molar-refractivity contribution in [3.05, 3.63) is 101 Å². The van der Waals surface area contributed by atoms with Crippen LogP contribution in [0, 0.1) is 18.6 Å². The Morgan fingerprint density at radius 1 is 1.03 bits per heavy atom. The van der Waals surface area contributed by atoms with Gasteiger partial charge in [-0.3, -0.25) is 19.5 Å². The molecule has 1 saturated heterocycles. The van der Waals surface area contributed by atoms with Crippen LogP contribution in [0.15, 0.2) is 72.4 Å². The van der Waals surface area contributed by atoms with Crippen molar-refractivity contribution in [2.24, 2.45) is 0 Å². The van der Waals surface area contributed by atoms with Gasteiger partial charge in [-0.05, 0) is 31.2 Å². The Bertz CT molecular complexity index is 1170. The molecule has 1 atom stereocenters. The quantitative estimate of drug-likeness (QED) is 0.400. The van der Waals surface area contributed by atoms with Crippen molar-refractivity contribution in [1.82, 2.24) is 4.98 Å². The molecule has 0 radical (unpaired) electrons. The second kappa shape index (κ2) is 7.51. The van der Waals surface area contributed by atoms with Gasteiger partial charge in [0.25, 0.3) is 11.7 Å². The van der Waals surface area contributed by atoms with Crippen LogP contribution in [-0.2, 0) is 9.59 Å². The number of halogens is 2. The zero-order valence-corrected chi connectivity index (χ0v) is 15.8. The Morgan fingerprint density at radius 3 is 2.43 bits per heavy atom. The van der Waals surface area contributed by atoms with E-state index >= 15 is 0 Å². The highest BCUT2D eigenvalue weighted by Gasteiger charge is 2.48. The molecule has 0 saturated carbocycles. The van der Waals surface area contributed by atoms with Gasteiger partial charge in [-0.15, -0.1) is 0 Å². The van der Waals surface area contributed by atoms with Crippen molar-refractivity contribution >= 4 is 23.1 Å². The summed E-state index contributed by atoms with van der Waals surface area (Å²) in [4.78, 5) is 30.8. The number of pyridine rings is 1. The number of rotatable bonds is 3. The summed E-state index contributed by atoms with van der Waals surface area (Å²) >= 11 is 0. The van der Waals surface area contributed by atoms with Crippen LogP contribution in [0.2, 0.25) is 0 Å². The SMILES string of the molecule is Cc1ccc(/C(O)=C2\C(=O)C(=O)N(c3cc(F)ccc3F)C2c2ccccn2)cc1. The first kappa shape index (κ1) is 19.4. The number of aromatic nitrogens is 1. The standard InChI is InChI=1S/C23H16F2N2O3/c1-13-5-7-14(8-6-13)21(28)19-20(17-4-2-3-11-26-17)27(23(30)22(19)29)18-12-15(24)9-10-16(18)25/h2-12,20,28H,1H3/b21-19+. The lowest BCUT2D eigenvalue weighted by atomic mass is 9.97. The molecular formula is C23H16F2N2O3. The fourth-order valence-corrected chi connectivity index (χ4v) is 3.44. The Hall–Kier alpha value is -3.87. The van der Waals surface area contributed by atoms with Crippen molar-refractivity contribution < 1.29 is 23.5 Å². The number of anilines is 1. The molecule has 1 N–H and O–H groups in total. The number of Topliss-reactive ketones (excluding diaryl/α,β-unsaturated/α-hetero) is 1. The third-order valence-corrected chi connectivity index (χ3v) is 4.91. The van der Waals surface area contributed by atoms with E-state index in [1.807, 2.05) is 6.92 Å². The van der Waals surface area contributed by atoms with E-state index in [0.29, 0.717) is 5.56 Å². The maximum atomic E-state index is 14.5. The molecule has 1 aromatic heterocycles.